The molecule has 0 bridgehead atoms. The van der Waals surface area contributed by atoms with Gasteiger partial charge in [0.25, 0.3) is 6.71 Å². The summed E-state index contributed by atoms with van der Waals surface area (Å²) in [5.74, 6) is 0. The number of hydrogen-bond acceptors (Lipinski definition) is 1. The first-order valence-corrected chi connectivity index (χ1v) is 14.0. The number of nitrogens with one attached hydrogen (secondary N) is 1. The molecule has 0 saturated carbocycles. The Labute approximate surface area is 233 Å². The average molecular weight is 508 g/mol. The Hall–Kier alpha value is -5.02. The van der Waals surface area contributed by atoms with Crippen molar-refractivity contribution >= 4 is 56.3 Å². The molecule has 9 rings (SSSR count). The van der Waals surface area contributed by atoms with Crippen LogP contribution in [0.1, 0.15) is 5.56 Å². The van der Waals surface area contributed by atoms with Crippen LogP contribution < -0.4 is 21.7 Å². The summed E-state index contributed by atoms with van der Waals surface area (Å²) >= 11 is 0. The summed E-state index contributed by atoms with van der Waals surface area (Å²) in [5.41, 5.74) is 16.6. The molecular formula is C37H25BN2. The first kappa shape index (κ1) is 21.9. The van der Waals surface area contributed by atoms with Gasteiger partial charge >= 0.3 is 0 Å². The maximum absolute atomic E-state index is 3.97. The summed E-state index contributed by atoms with van der Waals surface area (Å²) in [6.07, 6.45) is 0. The molecule has 0 amide bonds. The van der Waals surface area contributed by atoms with Crippen LogP contribution in [0.25, 0.3) is 49.7 Å². The minimum Gasteiger partial charge on any atom is -0.356 e. The first-order chi connectivity index (χ1) is 19.8. The van der Waals surface area contributed by atoms with Crippen molar-refractivity contribution in [3.63, 3.8) is 0 Å². The van der Waals surface area contributed by atoms with Crippen molar-refractivity contribution in [2.24, 2.45) is 0 Å². The van der Waals surface area contributed by atoms with Crippen molar-refractivity contribution in [2.45, 2.75) is 6.92 Å². The SMILES string of the molecule is Cc1ccccc1-c1cc2c3c(c1)-n1c4ccccc4c4cccc(c41)B3c1cccc(-c3ccccc3)c1N2. The lowest BCUT2D eigenvalue weighted by Crippen LogP contribution is -2.59. The molecule has 40 heavy (non-hydrogen) atoms. The molecule has 7 aromatic rings. The lowest BCUT2D eigenvalue weighted by molar-refractivity contribution is 1.19. The van der Waals surface area contributed by atoms with E-state index in [4.69, 9.17) is 0 Å². The van der Waals surface area contributed by atoms with E-state index in [2.05, 4.69) is 144 Å². The number of nitrogens with zero attached hydrogens (tertiary/aromatic N) is 1. The van der Waals surface area contributed by atoms with Gasteiger partial charge in [-0.1, -0.05) is 109 Å². The summed E-state index contributed by atoms with van der Waals surface area (Å²) < 4.78 is 2.52. The van der Waals surface area contributed by atoms with Crippen molar-refractivity contribution in [3.8, 4) is 27.9 Å². The van der Waals surface area contributed by atoms with Gasteiger partial charge in [-0.25, -0.2) is 0 Å². The number of anilines is 2. The number of benzene rings is 6. The number of aryl methyl sites for hydroxylation is 1. The number of aromatic nitrogens is 1. The number of para-hydroxylation sites is 3. The molecule has 0 fully saturated rings. The van der Waals surface area contributed by atoms with Crippen LogP contribution in [-0.2, 0) is 0 Å². The van der Waals surface area contributed by atoms with E-state index in [-0.39, 0.29) is 6.71 Å². The molecule has 0 saturated heterocycles. The van der Waals surface area contributed by atoms with Gasteiger partial charge in [0.05, 0.1) is 5.52 Å². The fraction of sp³-hybridized carbons (Fsp3) is 0.0270. The molecule has 186 valence electrons. The monoisotopic (exact) mass is 508 g/mol. The quantitative estimate of drug-likeness (QED) is 0.242. The molecule has 0 aliphatic carbocycles. The Kier molecular flexibility index (Phi) is 4.37. The molecule has 2 aliphatic heterocycles. The van der Waals surface area contributed by atoms with E-state index in [9.17, 15) is 0 Å². The maximum Gasteiger partial charge on any atom is 0.252 e. The summed E-state index contributed by atoms with van der Waals surface area (Å²) in [7, 11) is 0. The third kappa shape index (κ3) is 2.84. The van der Waals surface area contributed by atoms with Gasteiger partial charge in [-0.2, -0.15) is 0 Å². The van der Waals surface area contributed by atoms with Crippen molar-refractivity contribution in [3.05, 3.63) is 133 Å². The average Bonchev–Trinajstić information content (AvgIpc) is 3.35. The normalized spacial score (nSPS) is 12.8. The first-order valence-electron chi connectivity index (χ1n) is 14.0. The minimum absolute atomic E-state index is 0.149. The predicted octanol–water partition coefficient (Wildman–Crippen LogP) is 7.31. The molecule has 3 heteroatoms. The molecule has 0 atom stereocenters. The molecule has 2 aliphatic rings. The molecule has 0 unspecified atom stereocenters. The van der Waals surface area contributed by atoms with Crippen LogP contribution in [0.4, 0.5) is 11.4 Å². The second-order valence-corrected chi connectivity index (χ2v) is 11.1. The molecule has 2 nitrogen and oxygen atoms in total. The van der Waals surface area contributed by atoms with Gasteiger partial charge in [0, 0.05) is 38.9 Å². The Bertz CT molecular complexity index is 2160. The molecule has 1 N–H and O–H groups in total. The number of rotatable bonds is 2. The summed E-state index contributed by atoms with van der Waals surface area (Å²) in [6.45, 7) is 2.36. The van der Waals surface area contributed by atoms with Crippen LogP contribution in [0.15, 0.2) is 127 Å². The van der Waals surface area contributed by atoms with E-state index in [0.29, 0.717) is 0 Å². The maximum atomic E-state index is 3.97. The van der Waals surface area contributed by atoms with Gasteiger partial charge in [-0.15, -0.1) is 0 Å². The summed E-state index contributed by atoms with van der Waals surface area (Å²) in [6, 6.07) is 46.8. The Morgan fingerprint density at radius 3 is 2.23 bits per heavy atom. The van der Waals surface area contributed by atoms with Gasteiger partial charge in [0.15, 0.2) is 0 Å². The Morgan fingerprint density at radius 2 is 1.32 bits per heavy atom. The minimum atomic E-state index is 0.149. The third-order valence-electron chi connectivity index (χ3n) is 8.93. The van der Waals surface area contributed by atoms with Crippen molar-refractivity contribution in [1.29, 1.82) is 0 Å². The van der Waals surface area contributed by atoms with Crippen molar-refractivity contribution in [1.82, 2.24) is 4.57 Å². The zero-order valence-corrected chi connectivity index (χ0v) is 22.1. The molecule has 1 aromatic heterocycles. The zero-order chi connectivity index (χ0) is 26.4. The highest BCUT2D eigenvalue weighted by Crippen LogP contribution is 2.40. The van der Waals surface area contributed by atoms with E-state index in [0.717, 1.165) is 0 Å². The van der Waals surface area contributed by atoms with Crippen LogP contribution in [0, 0.1) is 6.92 Å². The van der Waals surface area contributed by atoms with Crippen LogP contribution in [0.5, 0.6) is 0 Å². The second kappa shape index (κ2) is 8.00. The molecule has 3 heterocycles. The Balaban J connectivity index is 1.44. The van der Waals surface area contributed by atoms with Crippen LogP contribution in [0.3, 0.4) is 0 Å². The van der Waals surface area contributed by atoms with Gasteiger partial charge in [0.2, 0.25) is 0 Å². The molecule has 6 aromatic carbocycles. The fourth-order valence-electron chi connectivity index (χ4n) is 7.23. The van der Waals surface area contributed by atoms with E-state index in [1.165, 1.54) is 83.1 Å². The van der Waals surface area contributed by atoms with Gasteiger partial charge in [-0.05, 0) is 63.8 Å². The van der Waals surface area contributed by atoms with Crippen LogP contribution >= 0.6 is 0 Å². The lowest BCUT2D eigenvalue weighted by Gasteiger charge is -2.35. The number of hydrogen-bond donors (Lipinski definition) is 1. The largest absolute Gasteiger partial charge is 0.356 e. The lowest BCUT2D eigenvalue weighted by atomic mass is 9.34. The van der Waals surface area contributed by atoms with Gasteiger partial charge in [-0.3, -0.25) is 0 Å². The predicted molar refractivity (Wildman–Crippen MR) is 171 cm³/mol. The van der Waals surface area contributed by atoms with E-state index >= 15 is 0 Å². The zero-order valence-electron chi connectivity index (χ0n) is 22.1. The van der Waals surface area contributed by atoms with Crippen LogP contribution in [-0.4, -0.2) is 11.3 Å². The van der Waals surface area contributed by atoms with E-state index in [1.54, 1.807) is 0 Å². The standard InChI is InChI=1S/C37H25BN2/c1-23-11-5-6-14-26(23)25-21-32-35-34(22-25)40-33-20-8-7-15-28(33)29-17-10-19-31(37(29)40)38(35)30-18-9-16-27(36(30)39-32)24-12-3-2-4-13-24/h2-22,39H,1H3. The molecule has 0 spiro atoms. The smallest absolute Gasteiger partial charge is 0.252 e. The van der Waals surface area contributed by atoms with Crippen molar-refractivity contribution in [2.75, 3.05) is 5.32 Å². The highest BCUT2D eigenvalue weighted by atomic mass is 15.0. The number of fused-ring (bicyclic) bond motifs is 7. The topological polar surface area (TPSA) is 17.0 Å². The van der Waals surface area contributed by atoms with Gasteiger partial charge in [0.1, 0.15) is 0 Å². The van der Waals surface area contributed by atoms with Crippen molar-refractivity contribution < 1.29 is 0 Å². The Morgan fingerprint density at radius 1 is 0.600 bits per heavy atom. The molecular weight excluding hydrogens is 483 g/mol. The highest BCUT2D eigenvalue weighted by molar-refractivity contribution is 7.00. The van der Waals surface area contributed by atoms with E-state index < -0.39 is 0 Å². The van der Waals surface area contributed by atoms with E-state index in [1.807, 2.05) is 0 Å². The molecule has 0 radical (unpaired) electrons. The second-order valence-electron chi connectivity index (χ2n) is 11.1. The van der Waals surface area contributed by atoms with Gasteiger partial charge < -0.3 is 9.88 Å². The third-order valence-corrected chi connectivity index (χ3v) is 8.93. The summed E-state index contributed by atoms with van der Waals surface area (Å²) in [5, 5.41) is 6.59. The summed E-state index contributed by atoms with van der Waals surface area (Å²) in [4.78, 5) is 0. The van der Waals surface area contributed by atoms with Crippen LogP contribution in [0.2, 0.25) is 0 Å². The fourth-order valence-corrected chi connectivity index (χ4v) is 7.23. The highest BCUT2D eigenvalue weighted by Gasteiger charge is 2.40.